The number of thiocarbonyl (C=S) groups is 1. The fourth-order valence-corrected chi connectivity index (χ4v) is 5.31. The second kappa shape index (κ2) is 6.98. The van der Waals surface area contributed by atoms with Crippen molar-refractivity contribution in [1.29, 1.82) is 0 Å². The van der Waals surface area contributed by atoms with Crippen LogP contribution < -0.4 is 5.32 Å². The summed E-state index contributed by atoms with van der Waals surface area (Å²) in [7, 11) is 0. The highest BCUT2D eigenvalue weighted by Crippen LogP contribution is 2.50. The van der Waals surface area contributed by atoms with Gasteiger partial charge in [-0.15, -0.1) is 11.8 Å². The van der Waals surface area contributed by atoms with Gasteiger partial charge in [-0.3, -0.25) is 9.59 Å². The van der Waals surface area contributed by atoms with Crippen LogP contribution in [-0.4, -0.2) is 61.2 Å². The Balaban J connectivity index is 1.74. The van der Waals surface area contributed by atoms with E-state index in [2.05, 4.69) is 27.7 Å². The Bertz CT molecular complexity index is 770. The van der Waals surface area contributed by atoms with Gasteiger partial charge < -0.3 is 15.3 Å². The molecule has 2 fully saturated rings. The Kier molecular flexibility index (Phi) is 5.05. The first-order valence-corrected chi connectivity index (χ1v) is 9.51. The molecule has 2 amide bonds. The average Bonchev–Trinajstić information content (AvgIpc) is 2.86. The predicted octanol–water partition coefficient (Wildman–Crippen LogP) is 1.37. The van der Waals surface area contributed by atoms with Crippen molar-refractivity contribution in [2.75, 3.05) is 0 Å². The molecule has 0 bridgehead atoms. The number of aliphatic imine (C=N–C) groups is 1. The summed E-state index contributed by atoms with van der Waals surface area (Å²) in [5, 5.41) is 14.0. The molecular weight excluding hydrogens is 374 g/mol. The summed E-state index contributed by atoms with van der Waals surface area (Å²) in [6.45, 7) is 3.58. The lowest BCUT2D eigenvalue weighted by molar-refractivity contribution is -0.161. The van der Waals surface area contributed by atoms with E-state index >= 15 is 0 Å². The summed E-state index contributed by atoms with van der Waals surface area (Å²) in [5.41, 5.74) is 0.814. The van der Waals surface area contributed by atoms with Crippen molar-refractivity contribution in [3.63, 3.8) is 0 Å². The molecule has 0 spiro atoms. The molecule has 2 aliphatic heterocycles. The summed E-state index contributed by atoms with van der Waals surface area (Å²) in [6, 6.07) is -2.47. The van der Waals surface area contributed by atoms with Gasteiger partial charge in [0.1, 0.15) is 17.5 Å². The van der Waals surface area contributed by atoms with Crippen molar-refractivity contribution in [1.82, 2.24) is 10.2 Å². The number of carbonyl (C=O) groups excluding carboxylic acids is 2. The monoisotopic (exact) mass is 393 g/mol. The molecule has 2 heterocycles. The average molecular weight is 393 g/mol. The van der Waals surface area contributed by atoms with Crippen LogP contribution in [0, 0.1) is 0 Å². The topological polar surface area (TPSA) is 99.1 Å². The summed E-state index contributed by atoms with van der Waals surface area (Å²) in [5.74, 6) is -1.83. The number of carbonyl (C=O) groups is 3. The molecule has 0 radical (unpaired) electrons. The van der Waals surface area contributed by atoms with Crippen LogP contribution in [0.25, 0.3) is 0 Å². The zero-order valence-corrected chi connectivity index (χ0v) is 16.0. The molecular formula is C17H19N3O4S2. The van der Waals surface area contributed by atoms with Crippen LogP contribution in [0.4, 0.5) is 0 Å². The smallest absolute Gasteiger partial charge is 0.327 e. The summed E-state index contributed by atoms with van der Waals surface area (Å²) in [4.78, 5) is 42.0. The van der Waals surface area contributed by atoms with Crippen LogP contribution >= 0.6 is 24.0 Å². The number of nitrogens with zero attached hydrogens (tertiary/aromatic N) is 2. The van der Waals surface area contributed by atoms with Crippen molar-refractivity contribution in [2.45, 2.75) is 54.9 Å². The van der Waals surface area contributed by atoms with E-state index in [1.54, 1.807) is 13.8 Å². The van der Waals surface area contributed by atoms with Gasteiger partial charge in [-0.2, -0.15) is 0 Å². The van der Waals surface area contributed by atoms with Gasteiger partial charge in [0.05, 0.1) is 5.16 Å². The van der Waals surface area contributed by atoms with Gasteiger partial charge in [-0.25, -0.2) is 9.79 Å². The number of carboxylic acid groups (broad SMARTS) is 1. The minimum Gasteiger partial charge on any atom is -0.480 e. The number of thioether (sulfide) groups is 1. The SMILES string of the molecule is CC1(C)S[C@@H]2[C@H](NC(=O)C(N=C=S)C3=CCC=CC3)C(=O)N2[C@H]1C(=O)O. The van der Waals surface area contributed by atoms with Crippen molar-refractivity contribution >= 4 is 46.9 Å². The van der Waals surface area contributed by atoms with Crippen LogP contribution in [0.1, 0.15) is 26.7 Å². The number of hydrogen-bond donors (Lipinski definition) is 2. The largest absolute Gasteiger partial charge is 0.480 e. The van der Waals surface area contributed by atoms with Crippen LogP contribution in [0.3, 0.4) is 0 Å². The number of rotatable bonds is 5. The predicted molar refractivity (Wildman–Crippen MR) is 101 cm³/mol. The third kappa shape index (κ3) is 3.11. The Labute approximate surface area is 160 Å². The zero-order chi connectivity index (χ0) is 19.1. The first kappa shape index (κ1) is 18.8. The third-order valence-corrected chi connectivity index (χ3v) is 6.47. The lowest BCUT2D eigenvalue weighted by Gasteiger charge is -2.43. The van der Waals surface area contributed by atoms with Crippen molar-refractivity contribution in [2.24, 2.45) is 4.99 Å². The molecule has 3 rings (SSSR count). The van der Waals surface area contributed by atoms with E-state index in [4.69, 9.17) is 0 Å². The molecule has 4 atom stereocenters. The Hall–Kier alpha value is -1.96. The number of allylic oxidation sites excluding steroid dienone is 3. The zero-order valence-electron chi connectivity index (χ0n) is 14.3. The maximum atomic E-state index is 12.7. The Morgan fingerprint density at radius 2 is 2.23 bits per heavy atom. The van der Waals surface area contributed by atoms with E-state index in [0.29, 0.717) is 6.42 Å². The molecule has 2 saturated heterocycles. The first-order chi connectivity index (χ1) is 12.3. The number of hydrogen-bond acceptors (Lipinski definition) is 6. The molecule has 0 aromatic carbocycles. The van der Waals surface area contributed by atoms with Crippen molar-refractivity contribution in [3.8, 4) is 0 Å². The lowest BCUT2D eigenvalue weighted by atomic mass is 9.95. The van der Waals surface area contributed by atoms with Gasteiger partial charge in [-0.05, 0) is 44.5 Å². The van der Waals surface area contributed by atoms with E-state index in [0.717, 1.165) is 12.0 Å². The molecule has 26 heavy (non-hydrogen) atoms. The number of aliphatic carboxylic acids is 1. The Morgan fingerprint density at radius 1 is 1.50 bits per heavy atom. The lowest BCUT2D eigenvalue weighted by Crippen LogP contribution is -2.71. The van der Waals surface area contributed by atoms with Gasteiger partial charge >= 0.3 is 5.97 Å². The highest BCUT2D eigenvalue weighted by Gasteiger charge is 2.64. The molecule has 9 heteroatoms. The first-order valence-electron chi connectivity index (χ1n) is 8.22. The normalized spacial score (nSPS) is 29.8. The summed E-state index contributed by atoms with van der Waals surface area (Å²) < 4.78 is -0.631. The highest BCUT2D eigenvalue weighted by atomic mass is 32.2. The molecule has 2 N–H and O–H groups in total. The molecule has 0 aromatic heterocycles. The van der Waals surface area contributed by atoms with Gasteiger partial charge in [0, 0.05) is 4.75 Å². The number of fused-ring (bicyclic) bond motifs is 1. The fourth-order valence-electron chi connectivity index (χ4n) is 3.58. The van der Waals surface area contributed by atoms with E-state index in [1.807, 2.05) is 18.2 Å². The minimum absolute atomic E-state index is 0.378. The van der Waals surface area contributed by atoms with Gasteiger partial charge in [0.15, 0.2) is 6.04 Å². The maximum Gasteiger partial charge on any atom is 0.327 e. The van der Waals surface area contributed by atoms with Crippen LogP contribution in [0.15, 0.2) is 28.8 Å². The van der Waals surface area contributed by atoms with E-state index in [9.17, 15) is 19.5 Å². The van der Waals surface area contributed by atoms with E-state index in [-0.39, 0.29) is 11.3 Å². The summed E-state index contributed by atoms with van der Waals surface area (Å²) in [6.07, 6.45) is 7.18. The molecule has 0 aromatic rings. The maximum absolute atomic E-state index is 12.7. The van der Waals surface area contributed by atoms with Crippen LogP contribution in [0.5, 0.6) is 0 Å². The number of nitrogens with one attached hydrogen (secondary N) is 1. The number of β-lactam (4-membered cyclic amide) rings is 1. The van der Waals surface area contributed by atoms with E-state index < -0.39 is 34.7 Å². The van der Waals surface area contributed by atoms with Crippen LogP contribution in [-0.2, 0) is 14.4 Å². The van der Waals surface area contributed by atoms with Gasteiger partial charge in [0.2, 0.25) is 5.91 Å². The van der Waals surface area contributed by atoms with Crippen molar-refractivity contribution < 1.29 is 19.5 Å². The van der Waals surface area contributed by atoms with Gasteiger partial charge in [-0.1, -0.05) is 18.2 Å². The standard InChI is InChI=1S/C17H19N3O4S2/c1-17(2)12(16(23)24)20-14(22)11(15(20)26-17)19-13(21)10(18-8-25)9-6-4-3-5-7-9/h3-4,7,10-12,15H,5-6H2,1-2H3,(H,19,21)(H,23,24)/t10?,11-,12+,15-/m1/s1. The van der Waals surface area contributed by atoms with Crippen LogP contribution in [0.2, 0.25) is 0 Å². The molecule has 1 aliphatic carbocycles. The Morgan fingerprint density at radius 3 is 2.81 bits per heavy atom. The number of amides is 2. The van der Waals surface area contributed by atoms with E-state index in [1.165, 1.54) is 16.7 Å². The molecule has 3 aliphatic rings. The molecule has 1 unspecified atom stereocenters. The molecule has 138 valence electrons. The molecule has 0 saturated carbocycles. The minimum atomic E-state index is -1.04. The quantitative estimate of drug-likeness (QED) is 0.317. The van der Waals surface area contributed by atoms with Gasteiger partial charge in [0.25, 0.3) is 5.91 Å². The summed E-state index contributed by atoms with van der Waals surface area (Å²) >= 11 is 6.04. The third-order valence-electron chi connectivity index (χ3n) is 4.79. The number of carboxylic acids is 1. The number of isothiocyanates is 1. The second-order valence-electron chi connectivity index (χ2n) is 6.90. The molecule has 7 nitrogen and oxygen atoms in total. The second-order valence-corrected chi connectivity index (χ2v) is 8.85. The van der Waals surface area contributed by atoms with Crippen molar-refractivity contribution in [3.05, 3.63) is 23.8 Å². The highest BCUT2D eigenvalue weighted by molar-refractivity contribution is 8.01. The fraction of sp³-hybridized carbons (Fsp3) is 0.529.